The Kier molecular flexibility index (Phi) is 6.34. The Labute approximate surface area is 204 Å². The number of aliphatic carboxylic acids is 1. The van der Waals surface area contributed by atoms with Crippen LogP contribution in [0.25, 0.3) is 11.6 Å². The molecule has 35 heavy (non-hydrogen) atoms. The maximum absolute atomic E-state index is 16.0. The van der Waals surface area contributed by atoms with Gasteiger partial charge in [0.05, 0.1) is 6.04 Å². The summed E-state index contributed by atoms with van der Waals surface area (Å²) >= 11 is 0. The summed E-state index contributed by atoms with van der Waals surface area (Å²) < 4.78 is 47.2. The molecule has 1 N–H and O–H groups in total. The molecular weight excluding hydrogens is 451 g/mol. The van der Waals surface area contributed by atoms with Crippen molar-refractivity contribution < 1.29 is 23.1 Å². The lowest BCUT2D eigenvalue weighted by Crippen LogP contribution is -2.49. The summed E-state index contributed by atoms with van der Waals surface area (Å²) in [6.45, 7) is 2.16. The number of rotatable bonds is 5. The van der Waals surface area contributed by atoms with Crippen LogP contribution in [0.1, 0.15) is 73.7 Å². The van der Waals surface area contributed by atoms with Crippen molar-refractivity contribution >= 4 is 17.6 Å². The molecule has 0 bridgehead atoms. The standard InChI is InChI=1S/C29H30F3NO2/c1-18-13-22-21-8-4-3-7-20(21)16-23(22)28(33(18)17-29(32)11-5-2-6-12-29)27-24(30)14-19(15-25(27)31)9-10-26(34)35/h3-4,7-10,14-15,18,28H,2,5-6,11-13,16-17H2,1H3,(H,34,35)/b10-9+/t18-,28+/m1/s1. The fourth-order valence-electron chi connectivity index (χ4n) is 6.21. The summed E-state index contributed by atoms with van der Waals surface area (Å²) in [6, 6.07) is 9.58. The molecule has 5 rings (SSSR count). The number of hydrogen-bond acceptors (Lipinski definition) is 2. The third-order valence-electron chi connectivity index (χ3n) is 7.85. The van der Waals surface area contributed by atoms with Crippen LogP contribution in [0.5, 0.6) is 0 Å². The summed E-state index contributed by atoms with van der Waals surface area (Å²) in [4.78, 5) is 12.8. The maximum atomic E-state index is 16.0. The van der Waals surface area contributed by atoms with Gasteiger partial charge in [-0.2, -0.15) is 0 Å². The van der Waals surface area contributed by atoms with Crippen LogP contribution in [-0.4, -0.2) is 34.2 Å². The number of carboxylic acids is 1. The van der Waals surface area contributed by atoms with Gasteiger partial charge in [0.15, 0.2) is 0 Å². The van der Waals surface area contributed by atoms with Crippen LogP contribution in [0.15, 0.2) is 48.0 Å². The van der Waals surface area contributed by atoms with Crippen LogP contribution in [0.3, 0.4) is 0 Å². The van der Waals surface area contributed by atoms with Gasteiger partial charge in [-0.25, -0.2) is 18.0 Å². The molecule has 6 heteroatoms. The minimum absolute atomic E-state index is 0.0799. The van der Waals surface area contributed by atoms with Crippen LogP contribution < -0.4 is 0 Å². The molecule has 2 aromatic rings. The van der Waals surface area contributed by atoms with Crippen molar-refractivity contribution in [2.24, 2.45) is 0 Å². The topological polar surface area (TPSA) is 40.5 Å². The third-order valence-corrected chi connectivity index (χ3v) is 7.85. The Hall–Kier alpha value is -2.86. The van der Waals surface area contributed by atoms with E-state index in [4.69, 9.17) is 5.11 Å². The Balaban J connectivity index is 1.61. The zero-order valence-electron chi connectivity index (χ0n) is 19.9. The fourth-order valence-corrected chi connectivity index (χ4v) is 6.21. The quantitative estimate of drug-likeness (QED) is 0.473. The second-order valence-corrected chi connectivity index (χ2v) is 10.2. The Morgan fingerprint density at radius 3 is 2.51 bits per heavy atom. The normalized spacial score (nSPS) is 24.0. The van der Waals surface area contributed by atoms with E-state index in [-0.39, 0.29) is 23.7 Å². The van der Waals surface area contributed by atoms with Gasteiger partial charge in [-0.15, -0.1) is 0 Å². The monoisotopic (exact) mass is 481 g/mol. The van der Waals surface area contributed by atoms with E-state index in [0.717, 1.165) is 47.6 Å². The second-order valence-electron chi connectivity index (χ2n) is 10.2. The van der Waals surface area contributed by atoms with Crippen molar-refractivity contribution in [3.8, 4) is 0 Å². The van der Waals surface area contributed by atoms with Crippen molar-refractivity contribution in [1.29, 1.82) is 0 Å². The van der Waals surface area contributed by atoms with Gasteiger partial charge in [-0.3, -0.25) is 4.90 Å². The third kappa shape index (κ3) is 4.56. The SMILES string of the molecule is C[C@@H]1CC2=C(Cc3ccccc32)[C@@H](c2c(F)cc(/C=C/C(=O)O)cc2F)N1CC1(F)CCCCC1. The van der Waals surface area contributed by atoms with E-state index < -0.39 is 29.3 Å². The molecule has 0 unspecified atom stereocenters. The van der Waals surface area contributed by atoms with Crippen molar-refractivity contribution in [3.05, 3.63) is 81.9 Å². The minimum Gasteiger partial charge on any atom is -0.478 e. The molecule has 2 aromatic carbocycles. The molecule has 3 aliphatic rings. The smallest absolute Gasteiger partial charge is 0.328 e. The van der Waals surface area contributed by atoms with Crippen LogP contribution in [0, 0.1) is 11.6 Å². The highest BCUT2D eigenvalue weighted by atomic mass is 19.1. The van der Waals surface area contributed by atoms with Gasteiger partial charge in [0.1, 0.15) is 17.3 Å². The molecule has 1 aliphatic heterocycles. The first-order chi connectivity index (χ1) is 16.8. The molecular formula is C29H30F3NO2. The summed E-state index contributed by atoms with van der Waals surface area (Å²) in [5.74, 6) is -2.67. The molecule has 1 heterocycles. The number of carboxylic acid groups (broad SMARTS) is 1. The van der Waals surface area contributed by atoms with Gasteiger partial charge < -0.3 is 5.11 Å². The lowest BCUT2D eigenvalue weighted by molar-refractivity contribution is -0.131. The predicted octanol–water partition coefficient (Wildman–Crippen LogP) is 6.88. The molecule has 1 fully saturated rings. The summed E-state index contributed by atoms with van der Waals surface area (Å²) in [7, 11) is 0. The van der Waals surface area contributed by atoms with E-state index in [1.807, 2.05) is 30.0 Å². The number of nitrogens with zero attached hydrogens (tertiary/aromatic N) is 1. The van der Waals surface area contributed by atoms with Crippen molar-refractivity contribution in [1.82, 2.24) is 4.90 Å². The Bertz CT molecular complexity index is 1190. The second kappa shape index (κ2) is 9.30. The summed E-state index contributed by atoms with van der Waals surface area (Å²) in [5, 5.41) is 8.88. The molecule has 0 radical (unpaired) electrons. The molecule has 2 atom stereocenters. The first-order valence-electron chi connectivity index (χ1n) is 12.4. The van der Waals surface area contributed by atoms with Crippen molar-refractivity contribution in [3.63, 3.8) is 0 Å². The largest absolute Gasteiger partial charge is 0.478 e. The average molecular weight is 482 g/mol. The van der Waals surface area contributed by atoms with E-state index in [0.29, 0.717) is 25.7 Å². The minimum atomic E-state index is -1.37. The number of fused-ring (bicyclic) bond motifs is 2. The van der Waals surface area contributed by atoms with Gasteiger partial charge in [-0.05, 0) is 78.7 Å². The van der Waals surface area contributed by atoms with Crippen molar-refractivity contribution in [2.75, 3.05) is 6.54 Å². The summed E-state index contributed by atoms with van der Waals surface area (Å²) in [6.07, 6.45) is 6.94. The van der Waals surface area contributed by atoms with Crippen LogP contribution in [-0.2, 0) is 11.2 Å². The molecule has 184 valence electrons. The highest BCUT2D eigenvalue weighted by Gasteiger charge is 2.45. The number of alkyl halides is 1. The van der Waals surface area contributed by atoms with Gasteiger partial charge >= 0.3 is 5.97 Å². The fraction of sp³-hybridized carbons (Fsp3) is 0.414. The lowest BCUT2D eigenvalue weighted by atomic mass is 9.81. The van der Waals surface area contributed by atoms with E-state index in [2.05, 4.69) is 6.07 Å². The number of benzene rings is 2. The molecule has 2 aliphatic carbocycles. The zero-order valence-corrected chi connectivity index (χ0v) is 19.9. The molecule has 0 aromatic heterocycles. The number of halogens is 3. The van der Waals surface area contributed by atoms with E-state index in [1.54, 1.807) is 0 Å². The molecule has 0 amide bonds. The Morgan fingerprint density at radius 2 is 1.83 bits per heavy atom. The van der Waals surface area contributed by atoms with Crippen molar-refractivity contribution in [2.45, 2.75) is 69.6 Å². The van der Waals surface area contributed by atoms with E-state index in [9.17, 15) is 4.79 Å². The molecule has 1 saturated carbocycles. The van der Waals surface area contributed by atoms with E-state index in [1.165, 1.54) is 18.2 Å². The predicted molar refractivity (Wildman–Crippen MR) is 131 cm³/mol. The molecule has 0 spiro atoms. The number of carbonyl (C=O) groups is 1. The van der Waals surface area contributed by atoms with Gasteiger partial charge in [-0.1, -0.05) is 43.5 Å². The first-order valence-corrected chi connectivity index (χ1v) is 12.4. The molecule has 3 nitrogen and oxygen atoms in total. The maximum Gasteiger partial charge on any atom is 0.328 e. The van der Waals surface area contributed by atoms with Gasteiger partial charge in [0.2, 0.25) is 0 Å². The van der Waals surface area contributed by atoms with Gasteiger partial charge in [0, 0.05) is 24.2 Å². The Morgan fingerprint density at radius 1 is 1.14 bits per heavy atom. The highest BCUT2D eigenvalue weighted by molar-refractivity contribution is 5.85. The zero-order chi connectivity index (χ0) is 24.7. The first kappa shape index (κ1) is 23.9. The van der Waals surface area contributed by atoms with Crippen LogP contribution >= 0.6 is 0 Å². The van der Waals surface area contributed by atoms with Crippen LogP contribution in [0.4, 0.5) is 13.2 Å². The number of hydrogen-bond donors (Lipinski definition) is 1. The lowest BCUT2D eigenvalue weighted by Gasteiger charge is -2.46. The average Bonchev–Trinajstić information content (AvgIpc) is 3.17. The van der Waals surface area contributed by atoms with E-state index >= 15 is 13.2 Å². The van der Waals surface area contributed by atoms with Crippen LogP contribution in [0.2, 0.25) is 0 Å². The molecule has 0 saturated heterocycles. The highest BCUT2D eigenvalue weighted by Crippen LogP contribution is 2.50. The van der Waals surface area contributed by atoms with Gasteiger partial charge in [0.25, 0.3) is 0 Å². The summed E-state index contributed by atoms with van der Waals surface area (Å²) in [5.41, 5.74) is 2.99.